The average molecular weight is 250 g/mol. The Morgan fingerprint density at radius 3 is 2.39 bits per heavy atom. The van der Waals surface area contributed by atoms with Crippen LogP contribution in [-0.2, 0) is 16.0 Å². The Morgan fingerprint density at radius 2 is 1.94 bits per heavy atom. The molecular formula is C15H22O3. The van der Waals surface area contributed by atoms with Gasteiger partial charge in [-0.1, -0.05) is 37.6 Å². The molecule has 1 aromatic rings. The maximum absolute atomic E-state index is 11.6. The molecule has 3 nitrogen and oxygen atoms in total. The van der Waals surface area contributed by atoms with E-state index in [1.807, 2.05) is 24.3 Å². The van der Waals surface area contributed by atoms with Crippen LogP contribution in [0.1, 0.15) is 43.7 Å². The van der Waals surface area contributed by atoms with Crippen molar-refractivity contribution in [2.45, 2.75) is 45.1 Å². The highest BCUT2D eigenvalue weighted by atomic mass is 16.5. The second-order valence-corrected chi connectivity index (χ2v) is 4.59. The largest absolute Gasteiger partial charge is 0.468 e. The van der Waals surface area contributed by atoms with Crippen molar-refractivity contribution in [3.05, 3.63) is 35.4 Å². The lowest BCUT2D eigenvalue weighted by molar-refractivity contribution is -0.144. The predicted octanol–water partition coefficient (Wildman–Crippen LogP) is 2.67. The van der Waals surface area contributed by atoms with Crippen molar-refractivity contribution in [3.8, 4) is 0 Å². The summed E-state index contributed by atoms with van der Waals surface area (Å²) in [4.78, 5) is 11.6. The fourth-order valence-corrected chi connectivity index (χ4v) is 2.01. The van der Waals surface area contributed by atoms with E-state index in [1.165, 1.54) is 19.1 Å². The van der Waals surface area contributed by atoms with Gasteiger partial charge in [-0.25, -0.2) is 0 Å². The van der Waals surface area contributed by atoms with Gasteiger partial charge in [0.1, 0.15) is 5.92 Å². The lowest BCUT2D eigenvalue weighted by Crippen LogP contribution is -2.24. The monoisotopic (exact) mass is 250 g/mol. The normalized spacial score (nSPS) is 14.0. The van der Waals surface area contributed by atoms with E-state index < -0.39 is 18.0 Å². The molecule has 0 aromatic heterocycles. The number of aryl methyl sites for hydroxylation is 1. The zero-order valence-electron chi connectivity index (χ0n) is 11.3. The first-order valence-corrected chi connectivity index (χ1v) is 6.44. The van der Waals surface area contributed by atoms with E-state index in [2.05, 4.69) is 6.92 Å². The number of methoxy groups -OCH3 is 1. The molecule has 3 heteroatoms. The van der Waals surface area contributed by atoms with Gasteiger partial charge in [-0.3, -0.25) is 4.79 Å². The van der Waals surface area contributed by atoms with Crippen LogP contribution in [-0.4, -0.2) is 24.3 Å². The van der Waals surface area contributed by atoms with Crippen LogP contribution >= 0.6 is 0 Å². The summed E-state index contributed by atoms with van der Waals surface area (Å²) in [6.07, 6.45) is 2.63. The molecule has 0 saturated heterocycles. The molecule has 1 rings (SSSR count). The summed E-state index contributed by atoms with van der Waals surface area (Å²) in [6, 6.07) is 7.84. The molecule has 0 spiro atoms. The first-order chi connectivity index (χ1) is 8.60. The molecule has 0 fully saturated rings. The molecule has 1 aromatic carbocycles. The van der Waals surface area contributed by atoms with Crippen molar-refractivity contribution >= 4 is 5.97 Å². The van der Waals surface area contributed by atoms with E-state index in [-0.39, 0.29) is 0 Å². The topological polar surface area (TPSA) is 46.5 Å². The van der Waals surface area contributed by atoms with Crippen LogP contribution in [0.15, 0.2) is 24.3 Å². The zero-order chi connectivity index (χ0) is 13.5. The number of hydrogen-bond donors (Lipinski definition) is 1. The molecular weight excluding hydrogens is 228 g/mol. The lowest BCUT2D eigenvalue weighted by atomic mass is 9.93. The highest BCUT2D eigenvalue weighted by Gasteiger charge is 2.26. The maximum Gasteiger partial charge on any atom is 0.315 e. The summed E-state index contributed by atoms with van der Waals surface area (Å²) >= 11 is 0. The Morgan fingerprint density at radius 1 is 1.33 bits per heavy atom. The van der Waals surface area contributed by atoms with Gasteiger partial charge < -0.3 is 9.84 Å². The number of hydrogen-bond acceptors (Lipinski definition) is 3. The minimum absolute atomic E-state index is 0.397. The van der Waals surface area contributed by atoms with E-state index in [0.29, 0.717) is 0 Å². The molecule has 0 aliphatic rings. The third-order valence-corrected chi connectivity index (χ3v) is 3.10. The Bertz CT molecular complexity index is 368. The molecule has 1 unspecified atom stereocenters. The van der Waals surface area contributed by atoms with Gasteiger partial charge in [0.2, 0.25) is 0 Å². The first-order valence-electron chi connectivity index (χ1n) is 6.44. The van der Waals surface area contributed by atoms with Gasteiger partial charge >= 0.3 is 5.97 Å². The summed E-state index contributed by atoms with van der Waals surface area (Å²) < 4.78 is 4.72. The van der Waals surface area contributed by atoms with Gasteiger partial charge in [0, 0.05) is 0 Å². The minimum Gasteiger partial charge on any atom is -0.468 e. The SMILES string of the molecule is CCCCc1ccc(C(C(=O)OC)[C@@H](C)O)cc1. The predicted molar refractivity (Wildman–Crippen MR) is 71.5 cm³/mol. The van der Waals surface area contributed by atoms with Crippen LogP contribution in [0.5, 0.6) is 0 Å². The van der Waals surface area contributed by atoms with Gasteiger partial charge in [0.25, 0.3) is 0 Å². The summed E-state index contributed by atoms with van der Waals surface area (Å²) in [7, 11) is 1.34. The summed E-state index contributed by atoms with van der Waals surface area (Å²) in [6.45, 7) is 3.77. The van der Waals surface area contributed by atoms with Crippen molar-refractivity contribution in [1.82, 2.24) is 0 Å². The molecule has 0 amide bonds. The van der Waals surface area contributed by atoms with Gasteiger partial charge in [0.15, 0.2) is 0 Å². The Balaban J connectivity index is 2.84. The first kappa shape index (κ1) is 14.7. The number of aliphatic hydroxyl groups excluding tert-OH is 1. The van der Waals surface area contributed by atoms with Gasteiger partial charge in [-0.05, 0) is 30.9 Å². The van der Waals surface area contributed by atoms with Crippen LogP contribution in [0.2, 0.25) is 0 Å². The van der Waals surface area contributed by atoms with Crippen molar-refractivity contribution in [2.75, 3.05) is 7.11 Å². The van der Waals surface area contributed by atoms with E-state index in [9.17, 15) is 9.90 Å². The Labute approximate surface area is 109 Å². The molecule has 100 valence electrons. The van der Waals surface area contributed by atoms with E-state index >= 15 is 0 Å². The van der Waals surface area contributed by atoms with Crippen molar-refractivity contribution in [2.24, 2.45) is 0 Å². The van der Waals surface area contributed by atoms with Crippen LogP contribution in [0.3, 0.4) is 0 Å². The molecule has 2 atom stereocenters. The van der Waals surface area contributed by atoms with Crippen LogP contribution in [0.4, 0.5) is 0 Å². The second-order valence-electron chi connectivity index (χ2n) is 4.59. The third-order valence-electron chi connectivity index (χ3n) is 3.10. The minimum atomic E-state index is -0.751. The molecule has 0 aliphatic heterocycles. The van der Waals surface area contributed by atoms with Crippen molar-refractivity contribution in [3.63, 3.8) is 0 Å². The Kier molecular flexibility index (Phi) is 5.86. The van der Waals surface area contributed by atoms with Crippen LogP contribution in [0.25, 0.3) is 0 Å². The fraction of sp³-hybridized carbons (Fsp3) is 0.533. The Hall–Kier alpha value is -1.35. The average Bonchev–Trinajstić information content (AvgIpc) is 2.37. The molecule has 1 N–H and O–H groups in total. The quantitative estimate of drug-likeness (QED) is 0.790. The maximum atomic E-state index is 11.6. The number of rotatable bonds is 6. The zero-order valence-corrected chi connectivity index (χ0v) is 11.3. The molecule has 18 heavy (non-hydrogen) atoms. The number of aliphatic hydroxyl groups is 1. The summed E-state index contributed by atoms with van der Waals surface area (Å²) in [5.74, 6) is -0.999. The van der Waals surface area contributed by atoms with Gasteiger partial charge in [0.05, 0.1) is 13.2 Å². The summed E-state index contributed by atoms with van der Waals surface area (Å²) in [5, 5.41) is 9.68. The standard InChI is InChI=1S/C15H22O3/c1-4-5-6-12-7-9-13(10-8-12)14(11(2)16)15(17)18-3/h7-11,14,16H,4-6H2,1-3H3/t11-,14?/m1/s1. The van der Waals surface area contributed by atoms with Crippen molar-refractivity contribution < 1.29 is 14.6 Å². The molecule has 0 radical (unpaired) electrons. The number of unbranched alkanes of at least 4 members (excludes halogenated alkanes) is 1. The number of esters is 1. The van der Waals surface area contributed by atoms with Crippen LogP contribution in [0, 0.1) is 0 Å². The molecule has 0 saturated carbocycles. The number of ether oxygens (including phenoxy) is 1. The number of carbonyl (C=O) groups is 1. The fourth-order valence-electron chi connectivity index (χ4n) is 2.01. The molecule has 0 heterocycles. The van der Waals surface area contributed by atoms with E-state index in [1.54, 1.807) is 6.92 Å². The number of benzene rings is 1. The van der Waals surface area contributed by atoms with Crippen molar-refractivity contribution in [1.29, 1.82) is 0 Å². The highest BCUT2D eigenvalue weighted by Crippen LogP contribution is 2.22. The third kappa shape index (κ3) is 3.84. The second kappa shape index (κ2) is 7.17. The van der Waals surface area contributed by atoms with Gasteiger partial charge in [-0.15, -0.1) is 0 Å². The smallest absolute Gasteiger partial charge is 0.315 e. The number of carbonyl (C=O) groups excluding carboxylic acids is 1. The van der Waals surface area contributed by atoms with E-state index in [0.717, 1.165) is 18.4 Å². The lowest BCUT2D eigenvalue weighted by Gasteiger charge is -2.18. The van der Waals surface area contributed by atoms with Crippen LogP contribution < -0.4 is 0 Å². The van der Waals surface area contributed by atoms with Gasteiger partial charge in [-0.2, -0.15) is 0 Å². The summed E-state index contributed by atoms with van der Waals surface area (Å²) in [5.41, 5.74) is 2.06. The molecule has 0 bridgehead atoms. The highest BCUT2D eigenvalue weighted by molar-refractivity contribution is 5.78. The molecule has 0 aliphatic carbocycles. The van der Waals surface area contributed by atoms with E-state index in [4.69, 9.17) is 4.74 Å².